The first-order valence-electron chi connectivity index (χ1n) is 10.6. The van der Waals surface area contributed by atoms with Crippen molar-refractivity contribution in [3.63, 3.8) is 0 Å². The van der Waals surface area contributed by atoms with E-state index in [9.17, 15) is 9.59 Å². The molecule has 0 spiro atoms. The van der Waals surface area contributed by atoms with E-state index in [1.54, 1.807) is 24.1 Å². The number of halogens is 1. The molecule has 2 aromatic carbocycles. The Kier molecular flexibility index (Phi) is 6.28. The van der Waals surface area contributed by atoms with Crippen LogP contribution < -0.4 is 4.74 Å². The maximum absolute atomic E-state index is 13.5. The van der Waals surface area contributed by atoms with Crippen LogP contribution in [0.4, 0.5) is 0 Å². The molecule has 2 atom stereocenters. The summed E-state index contributed by atoms with van der Waals surface area (Å²) in [6, 6.07) is 14.9. The molecule has 0 N–H and O–H groups in total. The highest BCUT2D eigenvalue weighted by Crippen LogP contribution is 2.39. The zero-order chi connectivity index (χ0) is 21.1. The topological polar surface area (TPSA) is 49.9 Å². The highest BCUT2D eigenvalue weighted by molar-refractivity contribution is 6.33. The van der Waals surface area contributed by atoms with Gasteiger partial charge in [-0.2, -0.15) is 0 Å². The van der Waals surface area contributed by atoms with Gasteiger partial charge in [-0.25, -0.2) is 0 Å². The van der Waals surface area contributed by atoms with Crippen molar-refractivity contribution in [2.24, 2.45) is 5.92 Å². The van der Waals surface area contributed by atoms with Gasteiger partial charge in [-0.1, -0.05) is 41.9 Å². The summed E-state index contributed by atoms with van der Waals surface area (Å²) >= 11 is 6.28. The third kappa shape index (κ3) is 4.04. The average Bonchev–Trinajstić information content (AvgIpc) is 3.24. The van der Waals surface area contributed by atoms with Gasteiger partial charge in [-0.05, 0) is 43.0 Å². The van der Waals surface area contributed by atoms with Crippen LogP contribution in [0.15, 0.2) is 48.5 Å². The molecule has 0 radical (unpaired) electrons. The first kappa shape index (κ1) is 20.7. The predicted octanol–water partition coefficient (Wildman–Crippen LogP) is 4.22. The molecule has 2 saturated heterocycles. The van der Waals surface area contributed by atoms with Gasteiger partial charge in [0, 0.05) is 32.1 Å². The number of benzene rings is 2. The van der Waals surface area contributed by atoms with Gasteiger partial charge in [0.25, 0.3) is 5.91 Å². The van der Waals surface area contributed by atoms with Gasteiger partial charge in [0.1, 0.15) is 5.75 Å². The van der Waals surface area contributed by atoms with Crippen LogP contribution in [0, 0.1) is 5.92 Å². The number of carbonyl (C=O) groups excluding carboxylic acids is 2. The standard InChI is InChI=1S/C24H27ClN2O3/c1-30-22-12-6-4-9-17(22)19-15-27(23(28)18-10-3-5-11-21(18)25)16-20(19)24(29)26-13-7-2-8-14-26/h3-6,9-12,19-20H,2,7-8,13-16H2,1H3. The van der Waals surface area contributed by atoms with Gasteiger partial charge < -0.3 is 14.5 Å². The molecule has 30 heavy (non-hydrogen) atoms. The Morgan fingerprint density at radius 2 is 1.63 bits per heavy atom. The van der Waals surface area contributed by atoms with Crippen molar-refractivity contribution in [2.75, 3.05) is 33.3 Å². The maximum atomic E-state index is 13.5. The molecule has 0 aromatic heterocycles. The number of rotatable bonds is 4. The zero-order valence-corrected chi connectivity index (χ0v) is 18.0. The quantitative estimate of drug-likeness (QED) is 0.735. The molecule has 6 heteroatoms. The van der Waals surface area contributed by atoms with Crippen LogP contribution in [-0.2, 0) is 4.79 Å². The van der Waals surface area contributed by atoms with E-state index in [4.69, 9.17) is 16.3 Å². The summed E-state index contributed by atoms with van der Waals surface area (Å²) in [5, 5.41) is 0.433. The van der Waals surface area contributed by atoms with Gasteiger partial charge in [0.05, 0.1) is 23.6 Å². The van der Waals surface area contributed by atoms with Crippen molar-refractivity contribution < 1.29 is 14.3 Å². The molecular weight excluding hydrogens is 400 g/mol. The molecule has 2 unspecified atom stereocenters. The fraction of sp³-hybridized carbons (Fsp3) is 0.417. The van der Waals surface area contributed by atoms with Gasteiger partial charge in [-0.15, -0.1) is 0 Å². The summed E-state index contributed by atoms with van der Waals surface area (Å²) < 4.78 is 5.58. The second kappa shape index (κ2) is 9.09. The molecule has 2 aliphatic rings. The predicted molar refractivity (Wildman–Crippen MR) is 117 cm³/mol. The molecule has 0 bridgehead atoms. The smallest absolute Gasteiger partial charge is 0.255 e. The fourth-order valence-electron chi connectivity index (χ4n) is 4.66. The van der Waals surface area contributed by atoms with E-state index in [-0.39, 0.29) is 23.7 Å². The van der Waals surface area contributed by atoms with Crippen molar-refractivity contribution >= 4 is 23.4 Å². The van der Waals surface area contributed by atoms with Crippen LogP contribution in [0.5, 0.6) is 5.75 Å². The van der Waals surface area contributed by atoms with Crippen LogP contribution >= 0.6 is 11.6 Å². The molecule has 2 fully saturated rings. The summed E-state index contributed by atoms with van der Waals surface area (Å²) in [6.07, 6.45) is 3.25. The Bertz CT molecular complexity index is 926. The molecule has 4 rings (SSSR count). The van der Waals surface area contributed by atoms with E-state index in [2.05, 4.69) is 0 Å². The lowest BCUT2D eigenvalue weighted by molar-refractivity contribution is -0.136. The summed E-state index contributed by atoms with van der Waals surface area (Å²) in [7, 11) is 1.64. The number of piperidine rings is 1. The third-order valence-electron chi connectivity index (χ3n) is 6.23. The van der Waals surface area contributed by atoms with E-state index in [1.165, 1.54) is 6.42 Å². The number of methoxy groups -OCH3 is 1. The minimum Gasteiger partial charge on any atom is -0.496 e. The fourth-order valence-corrected chi connectivity index (χ4v) is 4.88. The minimum absolute atomic E-state index is 0.109. The zero-order valence-electron chi connectivity index (χ0n) is 17.2. The summed E-state index contributed by atoms with van der Waals surface area (Å²) in [5.41, 5.74) is 1.45. The number of ether oxygens (including phenoxy) is 1. The SMILES string of the molecule is COc1ccccc1C1CN(C(=O)c2ccccc2Cl)CC1C(=O)N1CCCCC1. The first-order chi connectivity index (χ1) is 14.6. The number of para-hydroxylation sites is 1. The van der Waals surface area contributed by atoms with Gasteiger partial charge in [0.15, 0.2) is 0 Å². The molecule has 5 nitrogen and oxygen atoms in total. The normalized spacial score (nSPS) is 21.5. The Hall–Kier alpha value is -2.53. The lowest BCUT2D eigenvalue weighted by Crippen LogP contribution is -2.42. The van der Waals surface area contributed by atoms with E-state index in [0.29, 0.717) is 23.7 Å². The second-order valence-corrected chi connectivity index (χ2v) is 8.44. The van der Waals surface area contributed by atoms with E-state index in [1.807, 2.05) is 41.3 Å². The summed E-state index contributed by atoms with van der Waals surface area (Å²) in [6.45, 7) is 2.45. The molecule has 2 aliphatic heterocycles. The number of nitrogens with zero attached hydrogens (tertiary/aromatic N) is 2. The molecule has 0 saturated carbocycles. The van der Waals surface area contributed by atoms with Crippen LogP contribution in [0.25, 0.3) is 0 Å². The first-order valence-corrected chi connectivity index (χ1v) is 10.9. The van der Waals surface area contributed by atoms with Crippen LogP contribution in [-0.4, -0.2) is 54.9 Å². The monoisotopic (exact) mass is 426 g/mol. The molecule has 2 heterocycles. The van der Waals surface area contributed by atoms with Crippen LogP contribution in [0.3, 0.4) is 0 Å². The van der Waals surface area contributed by atoms with Crippen molar-refractivity contribution in [2.45, 2.75) is 25.2 Å². The Morgan fingerprint density at radius 1 is 0.933 bits per heavy atom. The van der Waals surface area contributed by atoms with Crippen LogP contribution in [0.1, 0.15) is 41.1 Å². The summed E-state index contributed by atoms with van der Waals surface area (Å²) in [5.74, 6) is 0.369. The van der Waals surface area contributed by atoms with Crippen molar-refractivity contribution in [1.29, 1.82) is 0 Å². The van der Waals surface area contributed by atoms with Crippen molar-refractivity contribution in [3.05, 3.63) is 64.7 Å². The van der Waals surface area contributed by atoms with Gasteiger partial charge >= 0.3 is 0 Å². The Morgan fingerprint density at radius 3 is 2.37 bits per heavy atom. The lowest BCUT2D eigenvalue weighted by Gasteiger charge is -2.31. The van der Waals surface area contributed by atoms with E-state index < -0.39 is 0 Å². The van der Waals surface area contributed by atoms with E-state index >= 15 is 0 Å². The van der Waals surface area contributed by atoms with Gasteiger partial charge in [0.2, 0.25) is 5.91 Å². The molecule has 158 valence electrons. The van der Waals surface area contributed by atoms with E-state index in [0.717, 1.165) is 37.2 Å². The molecule has 2 amide bonds. The summed E-state index contributed by atoms with van der Waals surface area (Å²) in [4.78, 5) is 30.4. The second-order valence-electron chi connectivity index (χ2n) is 8.03. The highest BCUT2D eigenvalue weighted by Gasteiger charge is 2.43. The molecular formula is C24H27ClN2O3. The van der Waals surface area contributed by atoms with Crippen molar-refractivity contribution in [1.82, 2.24) is 9.80 Å². The minimum atomic E-state index is -0.286. The third-order valence-corrected chi connectivity index (χ3v) is 6.56. The van der Waals surface area contributed by atoms with Crippen molar-refractivity contribution in [3.8, 4) is 5.75 Å². The molecule has 2 aromatic rings. The lowest BCUT2D eigenvalue weighted by atomic mass is 9.87. The molecule has 0 aliphatic carbocycles. The number of hydrogen-bond donors (Lipinski definition) is 0. The largest absolute Gasteiger partial charge is 0.496 e. The van der Waals surface area contributed by atoms with Gasteiger partial charge in [-0.3, -0.25) is 9.59 Å². The number of hydrogen-bond acceptors (Lipinski definition) is 3. The average molecular weight is 427 g/mol. The maximum Gasteiger partial charge on any atom is 0.255 e. The number of likely N-dealkylation sites (tertiary alicyclic amines) is 2. The van der Waals surface area contributed by atoms with Crippen LogP contribution in [0.2, 0.25) is 5.02 Å². The number of amides is 2. The Balaban J connectivity index is 1.65. The number of carbonyl (C=O) groups is 2. The highest BCUT2D eigenvalue weighted by atomic mass is 35.5. The Labute approximate surface area is 182 Å².